The number of benzene rings is 1. The van der Waals surface area contributed by atoms with Crippen molar-refractivity contribution in [3.63, 3.8) is 0 Å². The predicted octanol–water partition coefficient (Wildman–Crippen LogP) is 2.51. The summed E-state index contributed by atoms with van der Waals surface area (Å²) >= 11 is 0. The third kappa shape index (κ3) is 7.11. The Morgan fingerprint density at radius 1 is 1.16 bits per heavy atom. The van der Waals surface area contributed by atoms with E-state index < -0.39 is 0 Å². The van der Waals surface area contributed by atoms with E-state index >= 15 is 0 Å². The average Bonchev–Trinajstić information content (AvgIpc) is 2.62. The summed E-state index contributed by atoms with van der Waals surface area (Å²) in [6.07, 6.45) is 4.29. The van der Waals surface area contributed by atoms with E-state index in [2.05, 4.69) is 65.0 Å². The van der Waals surface area contributed by atoms with Crippen molar-refractivity contribution in [2.24, 2.45) is 4.99 Å². The first-order valence-corrected chi connectivity index (χ1v) is 8.90. The molecule has 0 saturated carbocycles. The van der Waals surface area contributed by atoms with Gasteiger partial charge >= 0.3 is 0 Å². The molecule has 0 spiro atoms. The number of aliphatic imine (C=N–C) groups is 1. The van der Waals surface area contributed by atoms with Crippen molar-refractivity contribution in [2.75, 3.05) is 47.4 Å². The summed E-state index contributed by atoms with van der Waals surface area (Å²) in [7, 11) is 6.14. The molecule has 1 fully saturated rings. The van der Waals surface area contributed by atoms with Crippen molar-refractivity contribution >= 4 is 29.9 Å². The van der Waals surface area contributed by atoms with Crippen molar-refractivity contribution < 1.29 is 4.74 Å². The number of nitrogens with zero attached hydrogens (tertiary/aromatic N) is 2. The summed E-state index contributed by atoms with van der Waals surface area (Å²) in [5.41, 5.74) is 1.54. The van der Waals surface area contributed by atoms with E-state index in [0.29, 0.717) is 0 Å². The fourth-order valence-corrected chi connectivity index (χ4v) is 3.15. The lowest BCUT2D eigenvalue weighted by molar-refractivity contribution is -0.00501. The molecule has 1 aromatic rings. The Balaban J connectivity index is 0.00000312. The van der Waals surface area contributed by atoms with Crippen LogP contribution in [0.5, 0.6) is 0 Å². The fraction of sp³-hybridized carbons (Fsp3) is 0.632. The number of halogens is 1. The second-order valence-electron chi connectivity index (χ2n) is 6.67. The smallest absolute Gasteiger partial charge is 0.191 e. The molecule has 0 unspecified atom stereocenters. The van der Waals surface area contributed by atoms with Crippen LogP contribution in [0.4, 0.5) is 0 Å². The number of likely N-dealkylation sites (N-methyl/N-ethyl adjacent to an activating group) is 1. The van der Waals surface area contributed by atoms with Crippen LogP contribution in [0.1, 0.15) is 24.8 Å². The molecule has 0 amide bonds. The Morgan fingerprint density at radius 3 is 2.44 bits per heavy atom. The summed E-state index contributed by atoms with van der Waals surface area (Å²) in [6, 6.07) is 10.6. The van der Waals surface area contributed by atoms with E-state index in [9.17, 15) is 0 Å². The van der Waals surface area contributed by atoms with E-state index in [1.54, 1.807) is 0 Å². The lowest BCUT2D eigenvalue weighted by atomic mass is 9.88. The second-order valence-corrected chi connectivity index (χ2v) is 6.67. The maximum atomic E-state index is 5.53. The lowest BCUT2D eigenvalue weighted by Gasteiger charge is -2.43. The molecule has 1 aliphatic rings. The van der Waals surface area contributed by atoms with Crippen LogP contribution in [-0.4, -0.2) is 63.8 Å². The van der Waals surface area contributed by atoms with Gasteiger partial charge in [-0.3, -0.25) is 4.99 Å². The highest BCUT2D eigenvalue weighted by Gasteiger charge is 2.34. The van der Waals surface area contributed by atoms with Crippen molar-refractivity contribution in [1.82, 2.24) is 15.5 Å². The molecule has 25 heavy (non-hydrogen) atoms. The predicted molar refractivity (Wildman–Crippen MR) is 116 cm³/mol. The Kier molecular flexibility index (Phi) is 10.4. The number of rotatable bonds is 7. The minimum atomic E-state index is 0. The van der Waals surface area contributed by atoms with Gasteiger partial charge in [0.2, 0.25) is 0 Å². The molecule has 0 aromatic heterocycles. The molecule has 1 aliphatic heterocycles. The van der Waals surface area contributed by atoms with E-state index in [1.165, 1.54) is 5.56 Å². The third-order valence-corrected chi connectivity index (χ3v) is 4.96. The van der Waals surface area contributed by atoms with Gasteiger partial charge in [0.05, 0.1) is 0 Å². The van der Waals surface area contributed by atoms with Crippen molar-refractivity contribution in [3.05, 3.63) is 35.9 Å². The normalized spacial score (nSPS) is 17.0. The molecule has 2 N–H and O–H groups in total. The van der Waals surface area contributed by atoms with Crippen LogP contribution in [0, 0.1) is 0 Å². The van der Waals surface area contributed by atoms with Gasteiger partial charge in [0.1, 0.15) is 0 Å². The molecule has 142 valence electrons. The average molecular weight is 460 g/mol. The van der Waals surface area contributed by atoms with Crippen LogP contribution in [0.2, 0.25) is 0 Å². The highest BCUT2D eigenvalue weighted by molar-refractivity contribution is 14.0. The third-order valence-electron chi connectivity index (χ3n) is 4.96. The van der Waals surface area contributed by atoms with Gasteiger partial charge in [0.15, 0.2) is 5.96 Å². The number of nitrogens with one attached hydrogen (secondary N) is 2. The molecule has 0 aliphatic carbocycles. The molecule has 0 atom stereocenters. The fourth-order valence-electron chi connectivity index (χ4n) is 3.15. The molecule has 0 radical (unpaired) electrons. The number of hydrogen-bond donors (Lipinski definition) is 2. The zero-order valence-electron chi connectivity index (χ0n) is 15.8. The molecule has 6 heteroatoms. The number of hydrogen-bond acceptors (Lipinski definition) is 3. The molecule has 5 nitrogen and oxygen atoms in total. The Labute approximate surface area is 169 Å². The van der Waals surface area contributed by atoms with Crippen LogP contribution >= 0.6 is 24.0 Å². The quantitative estimate of drug-likeness (QED) is 0.284. The topological polar surface area (TPSA) is 48.9 Å². The van der Waals surface area contributed by atoms with Crippen molar-refractivity contribution in [1.29, 1.82) is 0 Å². The summed E-state index contributed by atoms with van der Waals surface area (Å²) < 4.78 is 5.53. The monoisotopic (exact) mass is 460 g/mol. The second kappa shape index (κ2) is 11.7. The SMILES string of the molecule is CN=C(NCCCc1ccccc1)NCC1(N(C)C)CCOCC1.I. The zero-order chi connectivity index (χ0) is 17.3. The highest BCUT2D eigenvalue weighted by Crippen LogP contribution is 2.24. The number of ether oxygens (including phenoxy) is 1. The van der Waals surface area contributed by atoms with Gasteiger partial charge in [-0.15, -0.1) is 24.0 Å². The molecule has 2 rings (SSSR count). The van der Waals surface area contributed by atoms with Gasteiger partial charge in [-0.2, -0.15) is 0 Å². The van der Waals surface area contributed by atoms with Crippen LogP contribution in [-0.2, 0) is 11.2 Å². The first kappa shape index (κ1) is 22.2. The Bertz CT molecular complexity index is 501. The maximum absolute atomic E-state index is 5.53. The van der Waals surface area contributed by atoms with Crippen LogP contribution in [0.25, 0.3) is 0 Å². The summed E-state index contributed by atoms with van der Waals surface area (Å²) in [4.78, 5) is 6.68. The summed E-state index contributed by atoms with van der Waals surface area (Å²) in [5, 5.41) is 6.93. The largest absolute Gasteiger partial charge is 0.381 e. The van der Waals surface area contributed by atoms with Crippen LogP contribution < -0.4 is 10.6 Å². The number of guanidine groups is 1. The Morgan fingerprint density at radius 2 is 1.84 bits per heavy atom. The minimum Gasteiger partial charge on any atom is -0.381 e. The van der Waals surface area contributed by atoms with Gasteiger partial charge in [-0.1, -0.05) is 30.3 Å². The molecular weight excluding hydrogens is 427 g/mol. The summed E-state index contributed by atoms with van der Waals surface area (Å²) in [6.45, 7) is 3.49. The molecular formula is C19H33IN4O. The Hall–Kier alpha value is -0.860. The first-order chi connectivity index (χ1) is 11.7. The summed E-state index contributed by atoms with van der Waals surface area (Å²) in [5.74, 6) is 0.885. The van der Waals surface area contributed by atoms with E-state index in [-0.39, 0.29) is 29.5 Å². The van der Waals surface area contributed by atoms with Gasteiger partial charge in [0, 0.05) is 38.9 Å². The zero-order valence-corrected chi connectivity index (χ0v) is 18.1. The van der Waals surface area contributed by atoms with Gasteiger partial charge in [0.25, 0.3) is 0 Å². The number of aryl methyl sites for hydroxylation is 1. The minimum absolute atomic E-state index is 0. The van der Waals surface area contributed by atoms with E-state index in [4.69, 9.17) is 4.74 Å². The van der Waals surface area contributed by atoms with Gasteiger partial charge in [-0.05, 0) is 45.3 Å². The van der Waals surface area contributed by atoms with Crippen molar-refractivity contribution in [3.8, 4) is 0 Å². The molecule has 1 aromatic carbocycles. The van der Waals surface area contributed by atoms with Crippen LogP contribution in [0.15, 0.2) is 35.3 Å². The highest BCUT2D eigenvalue weighted by atomic mass is 127. The van der Waals surface area contributed by atoms with Gasteiger partial charge < -0.3 is 20.3 Å². The standard InChI is InChI=1S/C19H32N4O.HI/c1-20-18(21-13-7-10-17-8-5-4-6-9-17)22-16-19(23(2)3)11-14-24-15-12-19;/h4-6,8-9H,7,10-16H2,1-3H3,(H2,20,21,22);1H. The lowest BCUT2D eigenvalue weighted by Crippen LogP contribution is -2.57. The first-order valence-electron chi connectivity index (χ1n) is 8.90. The molecule has 1 saturated heterocycles. The molecule has 0 bridgehead atoms. The van der Waals surface area contributed by atoms with E-state index in [0.717, 1.165) is 57.9 Å². The maximum Gasteiger partial charge on any atom is 0.191 e. The molecule has 1 heterocycles. The van der Waals surface area contributed by atoms with E-state index in [1.807, 2.05) is 7.05 Å². The van der Waals surface area contributed by atoms with Crippen LogP contribution in [0.3, 0.4) is 0 Å². The van der Waals surface area contributed by atoms with Gasteiger partial charge in [-0.25, -0.2) is 0 Å². The van der Waals surface area contributed by atoms with Crippen molar-refractivity contribution in [2.45, 2.75) is 31.2 Å².